The van der Waals surface area contributed by atoms with Crippen molar-refractivity contribution in [3.63, 3.8) is 0 Å². The van der Waals surface area contributed by atoms with Crippen LogP contribution in [-0.2, 0) is 12.8 Å². The first kappa shape index (κ1) is 10.2. The minimum atomic E-state index is 0.232. The summed E-state index contributed by atoms with van der Waals surface area (Å²) < 4.78 is 5.02. The molecular weight excluding hydrogens is 168 g/mol. The average Bonchev–Trinajstić information content (AvgIpc) is 2.54. The standard InChI is InChI=1S/C9H16N2O2/c1-2-5-8-10-9(13-11-8)6-3-4-7-12/h12H,2-7H2,1H3. The van der Waals surface area contributed by atoms with Crippen LogP contribution in [-0.4, -0.2) is 21.9 Å². The molecule has 1 N–H and O–H groups in total. The number of nitrogens with zero attached hydrogens (tertiary/aromatic N) is 2. The molecule has 0 unspecified atom stereocenters. The zero-order valence-corrected chi connectivity index (χ0v) is 7.99. The topological polar surface area (TPSA) is 59.2 Å². The second-order valence-electron chi connectivity index (χ2n) is 3.04. The van der Waals surface area contributed by atoms with E-state index in [1.165, 1.54) is 0 Å². The van der Waals surface area contributed by atoms with Crippen molar-refractivity contribution >= 4 is 0 Å². The first-order chi connectivity index (χ1) is 6.36. The predicted octanol–water partition coefficient (Wildman–Crippen LogP) is 1.34. The maximum atomic E-state index is 8.57. The van der Waals surface area contributed by atoms with Crippen LogP contribution >= 0.6 is 0 Å². The quantitative estimate of drug-likeness (QED) is 0.678. The van der Waals surface area contributed by atoms with E-state index in [1.54, 1.807) is 0 Å². The lowest BCUT2D eigenvalue weighted by Crippen LogP contribution is -1.90. The summed E-state index contributed by atoms with van der Waals surface area (Å²) >= 11 is 0. The first-order valence-electron chi connectivity index (χ1n) is 4.79. The molecule has 1 rings (SSSR count). The third kappa shape index (κ3) is 3.55. The first-order valence-corrected chi connectivity index (χ1v) is 4.79. The lowest BCUT2D eigenvalue weighted by atomic mass is 10.2. The van der Waals surface area contributed by atoms with Crippen molar-refractivity contribution in [1.29, 1.82) is 0 Å². The Bertz CT molecular complexity index is 235. The molecule has 0 aliphatic rings. The normalized spacial score (nSPS) is 10.6. The summed E-state index contributed by atoms with van der Waals surface area (Å²) in [7, 11) is 0. The zero-order valence-electron chi connectivity index (χ0n) is 7.99. The molecule has 0 atom stereocenters. The highest BCUT2D eigenvalue weighted by Gasteiger charge is 2.04. The number of rotatable bonds is 6. The highest BCUT2D eigenvalue weighted by atomic mass is 16.5. The molecule has 0 aliphatic carbocycles. The van der Waals surface area contributed by atoms with Crippen LogP contribution in [0.4, 0.5) is 0 Å². The Kier molecular flexibility index (Phi) is 4.46. The van der Waals surface area contributed by atoms with Crippen LogP contribution in [0.25, 0.3) is 0 Å². The molecule has 0 amide bonds. The van der Waals surface area contributed by atoms with E-state index in [0.717, 1.165) is 37.9 Å². The van der Waals surface area contributed by atoms with E-state index in [9.17, 15) is 0 Å². The van der Waals surface area contributed by atoms with Gasteiger partial charge in [-0.05, 0) is 19.3 Å². The van der Waals surface area contributed by atoms with Crippen molar-refractivity contribution in [2.45, 2.75) is 39.0 Å². The zero-order chi connectivity index (χ0) is 9.52. The molecule has 13 heavy (non-hydrogen) atoms. The summed E-state index contributed by atoms with van der Waals surface area (Å²) in [5.74, 6) is 1.48. The average molecular weight is 184 g/mol. The number of aliphatic hydroxyl groups is 1. The molecule has 0 radical (unpaired) electrons. The van der Waals surface area contributed by atoms with Gasteiger partial charge >= 0.3 is 0 Å². The van der Waals surface area contributed by atoms with Crippen molar-refractivity contribution in [3.05, 3.63) is 11.7 Å². The van der Waals surface area contributed by atoms with Gasteiger partial charge in [0, 0.05) is 19.4 Å². The third-order valence-electron chi connectivity index (χ3n) is 1.78. The maximum absolute atomic E-state index is 8.57. The molecule has 0 fully saturated rings. The highest BCUT2D eigenvalue weighted by Crippen LogP contribution is 2.04. The smallest absolute Gasteiger partial charge is 0.226 e. The van der Waals surface area contributed by atoms with Gasteiger partial charge in [-0.3, -0.25) is 0 Å². The van der Waals surface area contributed by atoms with Crippen LogP contribution < -0.4 is 0 Å². The van der Waals surface area contributed by atoms with Crippen molar-refractivity contribution in [1.82, 2.24) is 10.1 Å². The number of aryl methyl sites for hydroxylation is 2. The maximum Gasteiger partial charge on any atom is 0.226 e. The number of hydrogen-bond donors (Lipinski definition) is 1. The molecule has 0 saturated carbocycles. The fourth-order valence-electron chi connectivity index (χ4n) is 1.10. The van der Waals surface area contributed by atoms with E-state index in [4.69, 9.17) is 9.63 Å². The van der Waals surface area contributed by atoms with Gasteiger partial charge in [0.25, 0.3) is 0 Å². The Hall–Kier alpha value is -0.900. The van der Waals surface area contributed by atoms with Gasteiger partial charge in [0.15, 0.2) is 5.82 Å². The Morgan fingerprint density at radius 1 is 1.31 bits per heavy atom. The molecule has 1 heterocycles. The van der Waals surface area contributed by atoms with Gasteiger partial charge in [-0.1, -0.05) is 12.1 Å². The molecule has 74 valence electrons. The lowest BCUT2D eigenvalue weighted by Gasteiger charge is -1.91. The third-order valence-corrected chi connectivity index (χ3v) is 1.78. The molecule has 1 aromatic rings. The fourth-order valence-corrected chi connectivity index (χ4v) is 1.10. The molecule has 1 aromatic heterocycles. The van der Waals surface area contributed by atoms with Crippen LogP contribution in [0.3, 0.4) is 0 Å². The second-order valence-corrected chi connectivity index (χ2v) is 3.04. The van der Waals surface area contributed by atoms with E-state index >= 15 is 0 Å². The largest absolute Gasteiger partial charge is 0.396 e. The van der Waals surface area contributed by atoms with Gasteiger partial charge in [-0.15, -0.1) is 0 Å². The Balaban J connectivity index is 2.31. The van der Waals surface area contributed by atoms with Gasteiger partial charge in [-0.2, -0.15) is 4.98 Å². The monoisotopic (exact) mass is 184 g/mol. The van der Waals surface area contributed by atoms with Crippen LogP contribution in [0.1, 0.15) is 37.9 Å². The molecule has 0 bridgehead atoms. The molecule has 0 spiro atoms. The number of aliphatic hydroxyl groups excluding tert-OH is 1. The summed E-state index contributed by atoms with van der Waals surface area (Å²) in [5, 5.41) is 12.4. The summed E-state index contributed by atoms with van der Waals surface area (Å²) in [6.07, 6.45) is 4.39. The van der Waals surface area contributed by atoms with Crippen molar-refractivity contribution in [2.24, 2.45) is 0 Å². The van der Waals surface area contributed by atoms with Crippen LogP contribution in [0, 0.1) is 0 Å². The SMILES string of the molecule is CCCc1noc(CCCCO)n1. The van der Waals surface area contributed by atoms with Crippen molar-refractivity contribution in [3.8, 4) is 0 Å². The Morgan fingerprint density at radius 3 is 2.85 bits per heavy atom. The van der Waals surface area contributed by atoms with Gasteiger partial charge in [0.2, 0.25) is 5.89 Å². The van der Waals surface area contributed by atoms with Crippen molar-refractivity contribution < 1.29 is 9.63 Å². The molecule has 0 aliphatic heterocycles. The van der Waals surface area contributed by atoms with E-state index in [1.807, 2.05) is 0 Å². The van der Waals surface area contributed by atoms with Gasteiger partial charge < -0.3 is 9.63 Å². The summed E-state index contributed by atoms with van der Waals surface area (Å²) in [6, 6.07) is 0. The Morgan fingerprint density at radius 2 is 2.15 bits per heavy atom. The molecular formula is C9H16N2O2. The van der Waals surface area contributed by atoms with Crippen LogP contribution in [0.15, 0.2) is 4.52 Å². The van der Waals surface area contributed by atoms with E-state index < -0.39 is 0 Å². The van der Waals surface area contributed by atoms with Gasteiger partial charge in [-0.25, -0.2) is 0 Å². The van der Waals surface area contributed by atoms with Crippen LogP contribution in [0.5, 0.6) is 0 Å². The molecule has 0 aromatic carbocycles. The van der Waals surface area contributed by atoms with E-state index in [2.05, 4.69) is 17.1 Å². The number of hydrogen-bond acceptors (Lipinski definition) is 4. The van der Waals surface area contributed by atoms with Crippen LogP contribution in [0.2, 0.25) is 0 Å². The fraction of sp³-hybridized carbons (Fsp3) is 0.778. The summed E-state index contributed by atoms with van der Waals surface area (Å²) in [4.78, 5) is 4.21. The van der Waals surface area contributed by atoms with Gasteiger partial charge in [0.05, 0.1) is 0 Å². The summed E-state index contributed by atoms with van der Waals surface area (Å²) in [6.45, 7) is 2.32. The second kappa shape index (κ2) is 5.70. The highest BCUT2D eigenvalue weighted by molar-refractivity contribution is 4.86. The minimum Gasteiger partial charge on any atom is -0.396 e. The molecule has 4 heteroatoms. The van der Waals surface area contributed by atoms with E-state index in [-0.39, 0.29) is 6.61 Å². The summed E-state index contributed by atoms with van der Waals surface area (Å²) in [5.41, 5.74) is 0. The minimum absolute atomic E-state index is 0.232. The number of unbranched alkanes of at least 4 members (excludes halogenated alkanes) is 1. The predicted molar refractivity (Wildman–Crippen MR) is 48.3 cm³/mol. The van der Waals surface area contributed by atoms with E-state index in [0.29, 0.717) is 5.89 Å². The Labute approximate surface area is 78.0 Å². The lowest BCUT2D eigenvalue weighted by molar-refractivity contribution is 0.280. The molecule has 4 nitrogen and oxygen atoms in total. The van der Waals surface area contributed by atoms with Gasteiger partial charge in [0.1, 0.15) is 0 Å². The molecule has 0 saturated heterocycles. The van der Waals surface area contributed by atoms with Crippen molar-refractivity contribution in [2.75, 3.05) is 6.61 Å². The number of aromatic nitrogens is 2.